The molecular formula is C19H26N2O5S. The number of rotatable bonds is 7. The first-order valence-corrected chi connectivity index (χ1v) is 10.8. The Morgan fingerprint density at radius 2 is 1.78 bits per heavy atom. The molecule has 0 spiro atoms. The second-order valence-electron chi connectivity index (χ2n) is 7.58. The topological polar surface area (TPSA) is 104 Å². The molecule has 2 fully saturated rings. The number of piperidine rings is 1. The number of sulfonamides is 1. The molecule has 1 saturated heterocycles. The van der Waals surface area contributed by atoms with Crippen molar-refractivity contribution >= 4 is 21.9 Å². The maximum absolute atomic E-state index is 12.6. The normalized spacial score (nSPS) is 20.6. The molecule has 0 atom stereocenters. The van der Waals surface area contributed by atoms with Gasteiger partial charge in [0, 0.05) is 26.1 Å². The zero-order valence-corrected chi connectivity index (χ0v) is 16.1. The Hall–Kier alpha value is -1.93. The number of benzene rings is 1. The van der Waals surface area contributed by atoms with E-state index in [1.165, 1.54) is 4.31 Å². The van der Waals surface area contributed by atoms with Crippen molar-refractivity contribution in [2.24, 2.45) is 11.3 Å². The third-order valence-corrected chi connectivity index (χ3v) is 7.72. The molecule has 0 bridgehead atoms. The predicted molar refractivity (Wildman–Crippen MR) is 99.5 cm³/mol. The van der Waals surface area contributed by atoms with E-state index in [0.29, 0.717) is 50.2 Å². The third kappa shape index (κ3) is 4.32. The van der Waals surface area contributed by atoms with Crippen molar-refractivity contribution in [1.82, 2.24) is 9.62 Å². The van der Waals surface area contributed by atoms with Gasteiger partial charge in [0.2, 0.25) is 15.9 Å². The Morgan fingerprint density at radius 3 is 2.30 bits per heavy atom. The standard InChI is InChI=1S/C19H26N2O5S/c22-17(13-19(18(23)24)9-4-10-19)20-14-15-7-11-21(12-8-15)27(25,26)16-5-2-1-3-6-16/h1-3,5-6,15H,4,7-14H2,(H,20,22)(H,23,24). The van der Waals surface area contributed by atoms with Crippen LogP contribution in [0.1, 0.15) is 38.5 Å². The van der Waals surface area contributed by atoms with Gasteiger partial charge < -0.3 is 10.4 Å². The fourth-order valence-electron chi connectivity index (χ4n) is 3.79. The van der Waals surface area contributed by atoms with Crippen LogP contribution in [0.25, 0.3) is 0 Å². The summed E-state index contributed by atoms with van der Waals surface area (Å²) in [5, 5.41) is 12.2. The highest BCUT2D eigenvalue weighted by Gasteiger charge is 2.45. The number of hydrogen-bond donors (Lipinski definition) is 2. The summed E-state index contributed by atoms with van der Waals surface area (Å²) < 4.78 is 26.7. The molecule has 8 heteroatoms. The van der Waals surface area contributed by atoms with Crippen LogP contribution in [-0.2, 0) is 19.6 Å². The van der Waals surface area contributed by atoms with E-state index in [2.05, 4.69) is 5.32 Å². The average Bonchev–Trinajstić information content (AvgIpc) is 2.64. The van der Waals surface area contributed by atoms with Crippen LogP contribution in [0, 0.1) is 11.3 Å². The molecule has 7 nitrogen and oxygen atoms in total. The Kier molecular flexibility index (Phi) is 5.86. The summed E-state index contributed by atoms with van der Waals surface area (Å²) in [4.78, 5) is 23.8. The molecule has 3 rings (SSSR count). The van der Waals surface area contributed by atoms with Crippen molar-refractivity contribution in [2.45, 2.75) is 43.4 Å². The number of carbonyl (C=O) groups is 2. The fourth-order valence-corrected chi connectivity index (χ4v) is 5.28. The lowest BCUT2D eigenvalue weighted by atomic mass is 9.66. The van der Waals surface area contributed by atoms with E-state index in [1.54, 1.807) is 30.3 Å². The number of carboxylic acid groups (broad SMARTS) is 1. The molecule has 1 saturated carbocycles. The van der Waals surface area contributed by atoms with E-state index in [4.69, 9.17) is 0 Å². The zero-order valence-electron chi connectivity index (χ0n) is 15.3. The van der Waals surface area contributed by atoms with E-state index in [-0.39, 0.29) is 18.2 Å². The summed E-state index contributed by atoms with van der Waals surface area (Å²) in [6.45, 7) is 1.32. The summed E-state index contributed by atoms with van der Waals surface area (Å²) in [7, 11) is -3.47. The van der Waals surface area contributed by atoms with Gasteiger partial charge in [-0.1, -0.05) is 24.6 Å². The maximum Gasteiger partial charge on any atom is 0.310 e. The number of carbonyl (C=O) groups excluding carboxylic acids is 1. The van der Waals surface area contributed by atoms with E-state index in [0.717, 1.165) is 6.42 Å². The van der Waals surface area contributed by atoms with Crippen LogP contribution >= 0.6 is 0 Å². The molecule has 148 valence electrons. The number of amides is 1. The number of carboxylic acids is 1. The van der Waals surface area contributed by atoms with Crippen LogP contribution in [-0.4, -0.2) is 49.3 Å². The lowest BCUT2D eigenvalue weighted by Crippen LogP contribution is -2.44. The lowest BCUT2D eigenvalue weighted by molar-refractivity contribution is -0.157. The summed E-state index contributed by atoms with van der Waals surface area (Å²) in [5.74, 6) is -0.905. The van der Waals surface area contributed by atoms with E-state index in [9.17, 15) is 23.1 Å². The van der Waals surface area contributed by atoms with E-state index < -0.39 is 21.4 Å². The van der Waals surface area contributed by atoms with Crippen molar-refractivity contribution in [1.29, 1.82) is 0 Å². The smallest absolute Gasteiger partial charge is 0.310 e. The van der Waals surface area contributed by atoms with E-state index >= 15 is 0 Å². The minimum absolute atomic E-state index is 0.0313. The average molecular weight is 394 g/mol. The molecule has 1 amide bonds. The monoisotopic (exact) mass is 394 g/mol. The minimum atomic E-state index is -3.47. The first-order chi connectivity index (χ1) is 12.8. The fraction of sp³-hybridized carbons (Fsp3) is 0.579. The van der Waals surface area contributed by atoms with Gasteiger partial charge in [0.05, 0.1) is 10.3 Å². The number of hydrogen-bond acceptors (Lipinski definition) is 4. The van der Waals surface area contributed by atoms with Gasteiger partial charge in [-0.15, -0.1) is 0 Å². The largest absolute Gasteiger partial charge is 0.481 e. The molecule has 0 radical (unpaired) electrons. The van der Waals surface area contributed by atoms with Gasteiger partial charge in [0.1, 0.15) is 0 Å². The Balaban J connectivity index is 1.46. The van der Waals surface area contributed by atoms with Gasteiger partial charge in [-0.05, 0) is 43.7 Å². The van der Waals surface area contributed by atoms with Crippen LogP contribution < -0.4 is 5.32 Å². The molecule has 1 aromatic rings. The van der Waals surface area contributed by atoms with Crippen LogP contribution in [0.5, 0.6) is 0 Å². The Bertz CT molecular complexity index is 782. The highest BCUT2D eigenvalue weighted by Crippen LogP contribution is 2.44. The van der Waals surface area contributed by atoms with Crippen LogP contribution in [0.3, 0.4) is 0 Å². The number of aliphatic carboxylic acids is 1. The van der Waals surface area contributed by atoms with Gasteiger partial charge >= 0.3 is 5.97 Å². The Morgan fingerprint density at radius 1 is 1.15 bits per heavy atom. The van der Waals surface area contributed by atoms with Gasteiger partial charge in [-0.2, -0.15) is 4.31 Å². The molecule has 0 aromatic heterocycles. The third-order valence-electron chi connectivity index (χ3n) is 5.81. The SMILES string of the molecule is O=C(CC1(C(=O)O)CCC1)NCC1CCN(S(=O)(=O)c2ccccc2)CC1. The van der Waals surface area contributed by atoms with E-state index in [1.807, 2.05) is 0 Å². The molecule has 2 aliphatic rings. The van der Waals surface area contributed by atoms with Crippen LogP contribution in [0.15, 0.2) is 35.2 Å². The molecule has 1 heterocycles. The second kappa shape index (κ2) is 7.98. The minimum Gasteiger partial charge on any atom is -0.481 e. The highest BCUT2D eigenvalue weighted by atomic mass is 32.2. The molecule has 1 aliphatic heterocycles. The van der Waals surface area contributed by atoms with Crippen LogP contribution in [0.2, 0.25) is 0 Å². The van der Waals surface area contributed by atoms with Gasteiger partial charge in [-0.3, -0.25) is 9.59 Å². The zero-order chi connectivity index (χ0) is 19.5. The van der Waals surface area contributed by atoms with Gasteiger partial charge in [0.25, 0.3) is 0 Å². The number of nitrogens with one attached hydrogen (secondary N) is 1. The Labute approximate surface area is 159 Å². The summed E-state index contributed by atoms with van der Waals surface area (Å²) >= 11 is 0. The van der Waals surface area contributed by atoms with Crippen LogP contribution in [0.4, 0.5) is 0 Å². The lowest BCUT2D eigenvalue weighted by Gasteiger charge is -2.37. The summed E-state index contributed by atoms with van der Waals surface area (Å²) in [5.41, 5.74) is -0.878. The summed E-state index contributed by atoms with van der Waals surface area (Å²) in [6, 6.07) is 8.40. The van der Waals surface area contributed by atoms with Crippen molar-refractivity contribution in [3.63, 3.8) is 0 Å². The quantitative estimate of drug-likeness (QED) is 0.734. The van der Waals surface area contributed by atoms with Crippen molar-refractivity contribution in [3.05, 3.63) is 30.3 Å². The molecular weight excluding hydrogens is 368 g/mol. The molecule has 0 unspecified atom stereocenters. The number of nitrogens with zero attached hydrogens (tertiary/aromatic N) is 1. The molecule has 1 aliphatic carbocycles. The van der Waals surface area contributed by atoms with Gasteiger partial charge in [-0.25, -0.2) is 8.42 Å². The van der Waals surface area contributed by atoms with Gasteiger partial charge in [0.15, 0.2) is 0 Å². The predicted octanol–water partition coefficient (Wildman–Crippen LogP) is 1.85. The molecule has 2 N–H and O–H groups in total. The maximum atomic E-state index is 12.6. The molecule has 1 aromatic carbocycles. The first kappa shape index (κ1) is 19.8. The van der Waals surface area contributed by atoms with Crippen molar-refractivity contribution in [2.75, 3.05) is 19.6 Å². The highest BCUT2D eigenvalue weighted by molar-refractivity contribution is 7.89. The second-order valence-corrected chi connectivity index (χ2v) is 9.52. The van der Waals surface area contributed by atoms with Crippen molar-refractivity contribution in [3.8, 4) is 0 Å². The molecule has 27 heavy (non-hydrogen) atoms. The van der Waals surface area contributed by atoms with Crippen molar-refractivity contribution < 1.29 is 23.1 Å². The summed E-state index contributed by atoms with van der Waals surface area (Å²) in [6.07, 6.45) is 3.36. The first-order valence-electron chi connectivity index (χ1n) is 9.39.